The molecule has 0 atom stereocenters. The number of carbonyl (C=O) groups is 1. The molecule has 0 saturated heterocycles. The number of carbonyl (C=O) groups excluding carboxylic acids is 1. The fraction of sp³-hybridized carbons (Fsp3) is 0.0870. The van der Waals surface area contributed by atoms with Crippen molar-refractivity contribution in [1.29, 1.82) is 0 Å². The maximum Gasteiger partial charge on any atom is 0.239 e. The van der Waals surface area contributed by atoms with Gasteiger partial charge in [0.15, 0.2) is 9.84 Å². The van der Waals surface area contributed by atoms with Crippen molar-refractivity contribution in [3.63, 3.8) is 0 Å². The van der Waals surface area contributed by atoms with Crippen LogP contribution in [0.4, 0.5) is 5.69 Å². The Morgan fingerprint density at radius 3 is 2.39 bits per heavy atom. The molecule has 0 spiro atoms. The Morgan fingerprint density at radius 1 is 0.968 bits per heavy atom. The summed E-state index contributed by atoms with van der Waals surface area (Å²) in [5.74, 6) is -1.24. The zero-order valence-corrected chi connectivity index (χ0v) is 19.4. The van der Waals surface area contributed by atoms with Crippen LogP contribution in [0, 0.1) is 0 Å². The number of amides is 1. The molecule has 0 radical (unpaired) electrons. The quantitative estimate of drug-likeness (QED) is 0.366. The molecule has 4 aromatic rings. The number of para-hydroxylation sites is 1. The van der Waals surface area contributed by atoms with E-state index in [0.29, 0.717) is 22.6 Å². The molecule has 0 aliphatic heterocycles. The maximum atomic E-state index is 13.1. The molecule has 0 fully saturated rings. The van der Waals surface area contributed by atoms with Gasteiger partial charge in [0, 0.05) is 38.8 Å². The van der Waals surface area contributed by atoms with Crippen LogP contribution in [0.15, 0.2) is 88.4 Å². The van der Waals surface area contributed by atoms with Crippen molar-refractivity contribution < 1.29 is 13.2 Å². The van der Waals surface area contributed by atoms with Crippen molar-refractivity contribution in [2.24, 2.45) is 0 Å². The van der Waals surface area contributed by atoms with E-state index in [-0.39, 0.29) is 4.90 Å². The molecule has 8 heteroatoms. The normalized spacial score (nSPS) is 11.5. The van der Waals surface area contributed by atoms with Crippen molar-refractivity contribution in [3.8, 4) is 0 Å². The average molecular weight is 518 g/mol. The number of hydrogen-bond acceptors (Lipinski definition) is 3. The third-order valence-corrected chi connectivity index (χ3v) is 7.37. The summed E-state index contributed by atoms with van der Waals surface area (Å²) in [7, 11) is -3.87. The van der Waals surface area contributed by atoms with Crippen LogP contribution in [0.5, 0.6) is 0 Å². The number of nitrogens with zero attached hydrogens (tertiary/aromatic N) is 1. The van der Waals surface area contributed by atoms with E-state index in [1.165, 1.54) is 0 Å². The van der Waals surface area contributed by atoms with E-state index in [0.717, 1.165) is 15.6 Å². The third kappa shape index (κ3) is 4.84. The maximum absolute atomic E-state index is 13.1. The highest BCUT2D eigenvalue weighted by atomic mass is 79.9. The minimum atomic E-state index is -3.87. The zero-order chi connectivity index (χ0) is 22.0. The monoisotopic (exact) mass is 516 g/mol. The smallest absolute Gasteiger partial charge is 0.239 e. The van der Waals surface area contributed by atoms with Gasteiger partial charge in [-0.1, -0.05) is 63.9 Å². The molecule has 1 N–H and O–H groups in total. The van der Waals surface area contributed by atoms with E-state index < -0.39 is 21.5 Å². The zero-order valence-electron chi connectivity index (χ0n) is 16.3. The van der Waals surface area contributed by atoms with E-state index in [4.69, 9.17) is 11.6 Å². The number of rotatable bonds is 6. The summed E-state index contributed by atoms with van der Waals surface area (Å²) in [6, 6.07) is 21.6. The number of nitrogens with one attached hydrogen (secondary N) is 1. The Morgan fingerprint density at radius 2 is 1.65 bits per heavy atom. The lowest BCUT2D eigenvalue weighted by molar-refractivity contribution is -0.113. The number of hydrogen-bond donors (Lipinski definition) is 1. The van der Waals surface area contributed by atoms with Gasteiger partial charge >= 0.3 is 0 Å². The SMILES string of the molecule is O=C(CS(=O)(=O)c1cn(Cc2ccccc2Cl)c2ccccc12)Nc1ccc(Br)cc1. The van der Waals surface area contributed by atoms with Crippen LogP contribution >= 0.6 is 27.5 Å². The van der Waals surface area contributed by atoms with Crippen molar-refractivity contribution in [3.05, 3.63) is 94.1 Å². The van der Waals surface area contributed by atoms with Crippen LogP contribution in [0.2, 0.25) is 5.02 Å². The molecule has 0 aliphatic carbocycles. The largest absolute Gasteiger partial charge is 0.342 e. The first-order valence-electron chi connectivity index (χ1n) is 9.43. The first-order chi connectivity index (χ1) is 14.8. The van der Waals surface area contributed by atoms with Crippen LogP contribution in [0.1, 0.15) is 5.56 Å². The molecule has 0 saturated carbocycles. The molecule has 3 aromatic carbocycles. The number of benzene rings is 3. The summed E-state index contributed by atoms with van der Waals surface area (Å²) in [5, 5.41) is 3.82. The van der Waals surface area contributed by atoms with Crippen molar-refractivity contribution >= 4 is 59.9 Å². The third-order valence-electron chi connectivity index (χ3n) is 4.83. The lowest BCUT2D eigenvalue weighted by Gasteiger charge is -2.07. The standard InChI is InChI=1S/C23H18BrClN2O3S/c24-17-9-11-18(12-10-17)26-23(28)15-31(29,30)22-14-27(21-8-4-2-6-19(21)22)13-16-5-1-3-7-20(16)25/h1-12,14H,13,15H2,(H,26,28). The van der Waals surface area contributed by atoms with Crippen molar-refractivity contribution in [2.75, 3.05) is 11.1 Å². The molecule has 1 aromatic heterocycles. The molecule has 0 unspecified atom stereocenters. The average Bonchev–Trinajstić information content (AvgIpc) is 3.11. The summed E-state index contributed by atoms with van der Waals surface area (Å²) >= 11 is 9.62. The number of halogens is 2. The van der Waals surface area contributed by atoms with Gasteiger partial charge in [0.25, 0.3) is 0 Å². The summed E-state index contributed by atoms with van der Waals surface area (Å²) in [6.07, 6.45) is 1.58. The number of fused-ring (bicyclic) bond motifs is 1. The van der Waals surface area contributed by atoms with Gasteiger partial charge in [-0.2, -0.15) is 0 Å². The second-order valence-corrected chi connectivity index (χ2v) is 10.3. The van der Waals surface area contributed by atoms with Crippen LogP contribution in [0.25, 0.3) is 10.9 Å². The molecule has 1 heterocycles. The highest BCUT2D eigenvalue weighted by molar-refractivity contribution is 9.10. The highest BCUT2D eigenvalue weighted by Crippen LogP contribution is 2.28. The van der Waals surface area contributed by atoms with Gasteiger partial charge < -0.3 is 9.88 Å². The Balaban J connectivity index is 1.64. The number of aromatic nitrogens is 1. The highest BCUT2D eigenvalue weighted by Gasteiger charge is 2.24. The lowest BCUT2D eigenvalue weighted by Crippen LogP contribution is -2.22. The molecule has 1 amide bonds. The Labute approximate surface area is 193 Å². The van der Waals surface area contributed by atoms with Gasteiger partial charge in [0.05, 0.1) is 4.90 Å². The van der Waals surface area contributed by atoms with Gasteiger partial charge in [-0.25, -0.2) is 8.42 Å². The van der Waals surface area contributed by atoms with Crippen LogP contribution < -0.4 is 5.32 Å². The van der Waals surface area contributed by atoms with Crippen LogP contribution in [-0.2, 0) is 21.2 Å². The van der Waals surface area contributed by atoms with E-state index >= 15 is 0 Å². The number of sulfone groups is 1. The van der Waals surface area contributed by atoms with E-state index in [2.05, 4.69) is 21.2 Å². The van der Waals surface area contributed by atoms with Crippen molar-refractivity contribution in [1.82, 2.24) is 4.57 Å². The Hall–Kier alpha value is -2.61. The van der Waals surface area contributed by atoms with Gasteiger partial charge in [-0.15, -0.1) is 0 Å². The number of anilines is 1. The predicted octanol–water partition coefficient (Wildman–Crippen LogP) is 5.52. The van der Waals surface area contributed by atoms with Crippen molar-refractivity contribution in [2.45, 2.75) is 11.4 Å². The van der Waals surface area contributed by atoms with Gasteiger partial charge in [0.2, 0.25) is 5.91 Å². The molecular weight excluding hydrogens is 500 g/mol. The second kappa shape index (κ2) is 8.86. The molecule has 0 bridgehead atoms. The summed E-state index contributed by atoms with van der Waals surface area (Å²) in [4.78, 5) is 12.6. The fourth-order valence-corrected chi connectivity index (χ4v) is 5.21. The molecular formula is C23H18BrClN2O3S. The van der Waals surface area contributed by atoms with Crippen LogP contribution in [0.3, 0.4) is 0 Å². The molecule has 5 nitrogen and oxygen atoms in total. The molecule has 158 valence electrons. The summed E-state index contributed by atoms with van der Waals surface area (Å²) in [5.41, 5.74) is 2.17. The summed E-state index contributed by atoms with van der Waals surface area (Å²) < 4.78 is 29.0. The fourth-order valence-electron chi connectivity index (χ4n) is 3.38. The first-order valence-corrected chi connectivity index (χ1v) is 12.3. The second-order valence-electron chi connectivity index (χ2n) is 7.04. The topological polar surface area (TPSA) is 68.2 Å². The molecule has 0 aliphatic rings. The van der Waals surface area contributed by atoms with E-state index in [1.807, 2.05) is 34.9 Å². The van der Waals surface area contributed by atoms with Gasteiger partial charge in [-0.05, 0) is 42.0 Å². The van der Waals surface area contributed by atoms with Crippen LogP contribution in [-0.4, -0.2) is 24.6 Å². The van der Waals surface area contributed by atoms with E-state index in [9.17, 15) is 13.2 Å². The van der Waals surface area contributed by atoms with Gasteiger partial charge in [0.1, 0.15) is 5.75 Å². The predicted molar refractivity (Wildman–Crippen MR) is 127 cm³/mol. The van der Waals surface area contributed by atoms with Gasteiger partial charge in [-0.3, -0.25) is 4.79 Å². The minimum Gasteiger partial charge on any atom is -0.342 e. The minimum absolute atomic E-state index is 0.126. The Kier molecular flexibility index (Phi) is 6.18. The molecule has 4 rings (SSSR count). The lowest BCUT2D eigenvalue weighted by atomic mass is 10.2. The Bertz CT molecular complexity index is 1370. The van der Waals surface area contributed by atoms with E-state index in [1.54, 1.807) is 48.7 Å². The summed E-state index contributed by atoms with van der Waals surface area (Å²) in [6.45, 7) is 0.417. The first kappa shape index (κ1) is 21.6. The molecule has 31 heavy (non-hydrogen) atoms.